The third kappa shape index (κ3) is 3.47. The molecule has 0 aliphatic heterocycles. The standard InChI is InChI=1S/C15H15F3N4/c1-9-19-13(21-10-6-7-10)8-14(20-9)22-12-5-3-2-4-11(12)15(16,17)18/h2-5,8,10H,6-7H2,1H3,(H2,19,20,21,22). The number of benzene rings is 1. The number of para-hydroxylation sites is 1. The van der Waals surface area contributed by atoms with Crippen molar-refractivity contribution in [2.75, 3.05) is 10.6 Å². The second-order valence-electron chi connectivity index (χ2n) is 5.27. The van der Waals surface area contributed by atoms with Crippen LogP contribution < -0.4 is 10.6 Å². The summed E-state index contributed by atoms with van der Waals surface area (Å²) in [4.78, 5) is 8.39. The van der Waals surface area contributed by atoms with Crippen molar-refractivity contribution in [1.29, 1.82) is 0 Å². The summed E-state index contributed by atoms with van der Waals surface area (Å²) in [6, 6.07) is 7.37. The van der Waals surface area contributed by atoms with Crippen LogP contribution >= 0.6 is 0 Å². The van der Waals surface area contributed by atoms with Crippen molar-refractivity contribution in [3.63, 3.8) is 0 Å². The van der Waals surface area contributed by atoms with E-state index in [0.717, 1.165) is 18.9 Å². The number of nitrogens with one attached hydrogen (secondary N) is 2. The average Bonchev–Trinajstić information content (AvgIpc) is 3.21. The van der Waals surface area contributed by atoms with Crippen molar-refractivity contribution in [1.82, 2.24) is 9.97 Å². The first-order chi connectivity index (χ1) is 10.4. The second kappa shape index (κ2) is 5.47. The van der Waals surface area contributed by atoms with Crippen molar-refractivity contribution in [2.45, 2.75) is 32.0 Å². The van der Waals surface area contributed by atoms with Gasteiger partial charge in [0.15, 0.2) is 0 Å². The molecule has 1 aromatic carbocycles. The smallest absolute Gasteiger partial charge is 0.367 e. The van der Waals surface area contributed by atoms with E-state index in [1.54, 1.807) is 19.1 Å². The molecule has 0 unspecified atom stereocenters. The normalized spacial score (nSPS) is 14.7. The molecule has 7 heteroatoms. The zero-order valence-electron chi connectivity index (χ0n) is 11.9. The molecule has 0 bridgehead atoms. The van der Waals surface area contributed by atoms with E-state index in [0.29, 0.717) is 23.5 Å². The predicted molar refractivity (Wildman–Crippen MR) is 78.1 cm³/mol. The molecule has 2 aromatic rings. The van der Waals surface area contributed by atoms with E-state index in [1.807, 2.05) is 0 Å². The highest BCUT2D eigenvalue weighted by atomic mass is 19.4. The Kier molecular flexibility index (Phi) is 3.64. The summed E-state index contributed by atoms with van der Waals surface area (Å²) < 4.78 is 39.0. The van der Waals surface area contributed by atoms with Gasteiger partial charge in [0.25, 0.3) is 0 Å². The van der Waals surface area contributed by atoms with Crippen LogP contribution in [-0.2, 0) is 6.18 Å². The summed E-state index contributed by atoms with van der Waals surface area (Å²) in [5, 5.41) is 5.96. The van der Waals surface area contributed by atoms with Crippen molar-refractivity contribution in [3.05, 3.63) is 41.7 Å². The highest BCUT2D eigenvalue weighted by molar-refractivity contribution is 5.63. The molecule has 116 valence electrons. The molecule has 1 aromatic heterocycles. The van der Waals surface area contributed by atoms with E-state index in [4.69, 9.17) is 0 Å². The lowest BCUT2D eigenvalue weighted by atomic mass is 10.1. The summed E-state index contributed by atoms with van der Waals surface area (Å²) >= 11 is 0. The number of alkyl halides is 3. The minimum atomic E-state index is -4.42. The quantitative estimate of drug-likeness (QED) is 0.892. The van der Waals surface area contributed by atoms with Crippen LogP contribution in [0.15, 0.2) is 30.3 Å². The maximum atomic E-state index is 13.0. The molecule has 1 saturated carbocycles. The van der Waals surface area contributed by atoms with Crippen LogP contribution in [0.4, 0.5) is 30.5 Å². The van der Waals surface area contributed by atoms with Crippen molar-refractivity contribution < 1.29 is 13.2 Å². The lowest BCUT2D eigenvalue weighted by molar-refractivity contribution is -0.136. The topological polar surface area (TPSA) is 49.8 Å². The number of anilines is 3. The highest BCUT2D eigenvalue weighted by Crippen LogP contribution is 2.35. The molecule has 0 saturated heterocycles. The fraction of sp³-hybridized carbons (Fsp3) is 0.333. The molecule has 1 heterocycles. The lowest BCUT2D eigenvalue weighted by Crippen LogP contribution is -2.10. The first-order valence-corrected chi connectivity index (χ1v) is 6.97. The number of halogens is 3. The third-order valence-corrected chi connectivity index (χ3v) is 3.26. The summed E-state index contributed by atoms with van der Waals surface area (Å²) in [7, 11) is 0. The monoisotopic (exact) mass is 308 g/mol. The lowest BCUT2D eigenvalue weighted by Gasteiger charge is -2.14. The van der Waals surface area contributed by atoms with Crippen molar-refractivity contribution in [2.24, 2.45) is 0 Å². The first-order valence-electron chi connectivity index (χ1n) is 6.97. The average molecular weight is 308 g/mol. The summed E-state index contributed by atoms with van der Waals surface area (Å²) in [6.45, 7) is 1.71. The van der Waals surface area contributed by atoms with E-state index in [1.165, 1.54) is 12.1 Å². The summed E-state index contributed by atoms with van der Waals surface area (Å²) in [5.74, 6) is 1.46. The SMILES string of the molecule is Cc1nc(Nc2ccccc2C(F)(F)F)cc(NC2CC2)n1. The number of aryl methyl sites for hydroxylation is 1. The molecule has 2 N–H and O–H groups in total. The van der Waals surface area contributed by atoms with Crippen LogP contribution in [0, 0.1) is 6.92 Å². The van der Waals surface area contributed by atoms with Crippen LogP contribution in [0.5, 0.6) is 0 Å². The molecule has 0 atom stereocenters. The molecule has 22 heavy (non-hydrogen) atoms. The Balaban J connectivity index is 1.88. The number of nitrogens with zero attached hydrogens (tertiary/aromatic N) is 2. The maximum absolute atomic E-state index is 13.0. The van der Waals surface area contributed by atoms with Gasteiger partial charge in [-0.25, -0.2) is 9.97 Å². The van der Waals surface area contributed by atoms with Gasteiger partial charge in [0.2, 0.25) is 0 Å². The summed E-state index contributed by atoms with van der Waals surface area (Å²) in [5.41, 5.74) is -0.742. The predicted octanol–water partition coefficient (Wildman–Crippen LogP) is 4.12. The van der Waals surface area contributed by atoms with Gasteiger partial charge in [-0.05, 0) is 31.9 Å². The molecule has 3 rings (SSSR count). The summed E-state index contributed by atoms with van der Waals surface area (Å²) in [6.07, 6.45) is -2.24. The van der Waals surface area contributed by atoms with Gasteiger partial charge in [-0.2, -0.15) is 13.2 Å². The van der Waals surface area contributed by atoms with Crippen LogP contribution in [0.1, 0.15) is 24.2 Å². The molecule has 4 nitrogen and oxygen atoms in total. The van der Waals surface area contributed by atoms with E-state index >= 15 is 0 Å². The van der Waals surface area contributed by atoms with Crippen molar-refractivity contribution >= 4 is 17.3 Å². The largest absolute Gasteiger partial charge is 0.418 e. The molecular weight excluding hydrogens is 293 g/mol. The highest BCUT2D eigenvalue weighted by Gasteiger charge is 2.33. The first kappa shape index (κ1) is 14.6. The Morgan fingerprint density at radius 3 is 2.45 bits per heavy atom. The minimum absolute atomic E-state index is 0.0227. The van der Waals surface area contributed by atoms with Crippen LogP contribution in [0.2, 0.25) is 0 Å². The van der Waals surface area contributed by atoms with Crippen molar-refractivity contribution in [3.8, 4) is 0 Å². The zero-order valence-corrected chi connectivity index (χ0v) is 11.9. The molecule has 0 spiro atoms. The number of aromatic nitrogens is 2. The Morgan fingerprint density at radius 2 is 1.77 bits per heavy atom. The van der Waals surface area contributed by atoms with Crippen LogP contribution in [0.25, 0.3) is 0 Å². The molecule has 1 aliphatic carbocycles. The van der Waals surface area contributed by atoms with Gasteiger partial charge in [-0.15, -0.1) is 0 Å². The fourth-order valence-corrected chi connectivity index (χ4v) is 2.12. The number of rotatable bonds is 4. The molecular formula is C15H15F3N4. The Bertz CT molecular complexity index is 681. The van der Waals surface area contributed by atoms with E-state index in [9.17, 15) is 13.2 Å². The molecule has 1 fully saturated rings. The Hall–Kier alpha value is -2.31. The van der Waals surface area contributed by atoms with E-state index in [2.05, 4.69) is 20.6 Å². The fourth-order valence-electron chi connectivity index (χ4n) is 2.12. The second-order valence-corrected chi connectivity index (χ2v) is 5.27. The molecule has 1 aliphatic rings. The van der Waals surface area contributed by atoms with Crippen LogP contribution in [0.3, 0.4) is 0 Å². The molecule has 0 amide bonds. The zero-order chi connectivity index (χ0) is 15.7. The Labute approximate surface area is 125 Å². The van der Waals surface area contributed by atoms with E-state index < -0.39 is 11.7 Å². The number of hydrogen-bond donors (Lipinski definition) is 2. The van der Waals surface area contributed by atoms with Gasteiger partial charge in [-0.3, -0.25) is 0 Å². The third-order valence-electron chi connectivity index (χ3n) is 3.26. The van der Waals surface area contributed by atoms with Gasteiger partial charge in [0.1, 0.15) is 17.5 Å². The Morgan fingerprint density at radius 1 is 1.09 bits per heavy atom. The minimum Gasteiger partial charge on any atom is -0.367 e. The van der Waals surface area contributed by atoms with E-state index in [-0.39, 0.29) is 5.69 Å². The molecule has 0 radical (unpaired) electrons. The maximum Gasteiger partial charge on any atom is 0.418 e. The van der Waals surface area contributed by atoms with Gasteiger partial charge < -0.3 is 10.6 Å². The van der Waals surface area contributed by atoms with Gasteiger partial charge >= 0.3 is 6.18 Å². The number of hydrogen-bond acceptors (Lipinski definition) is 4. The van der Waals surface area contributed by atoms with Gasteiger partial charge in [0.05, 0.1) is 11.3 Å². The van der Waals surface area contributed by atoms with Gasteiger partial charge in [-0.1, -0.05) is 12.1 Å². The van der Waals surface area contributed by atoms with Gasteiger partial charge in [0, 0.05) is 12.1 Å². The van der Waals surface area contributed by atoms with Crippen LogP contribution in [-0.4, -0.2) is 16.0 Å².